The van der Waals surface area contributed by atoms with Crippen LogP contribution in [0.1, 0.15) is 35.7 Å². The zero-order chi connectivity index (χ0) is 14.5. The smallest absolute Gasteiger partial charge is 0.106 e. The van der Waals surface area contributed by atoms with Crippen molar-refractivity contribution in [3.63, 3.8) is 0 Å². The van der Waals surface area contributed by atoms with Gasteiger partial charge in [0, 0.05) is 43.6 Å². The number of H-pyrrole nitrogens is 2. The number of hydrogen-bond acceptors (Lipinski definition) is 4. The third kappa shape index (κ3) is 3.68. The van der Waals surface area contributed by atoms with Crippen molar-refractivity contribution < 1.29 is 5.11 Å². The molecule has 0 unspecified atom stereocenters. The highest BCUT2D eigenvalue weighted by Crippen LogP contribution is 2.11. The number of aliphatic hydroxyl groups excluding tert-OH is 1. The third-order valence-corrected chi connectivity index (χ3v) is 3.31. The van der Waals surface area contributed by atoms with Crippen molar-refractivity contribution in [3.8, 4) is 0 Å². The minimum Gasteiger partial charge on any atom is -0.395 e. The van der Waals surface area contributed by atoms with Crippen molar-refractivity contribution in [2.24, 2.45) is 0 Å². The number of nitrogens with zero attached hydrogens (tertiary/aromatic N) is 3. The molecule has 0 atom stereocenters. The quantitative estimate of drug-likeness (QED) is 0.712. The maximum atomic E-state index is 9.22. The van der Waals surface area contributed by atoms with Gasteiger partial charge in [-0.2, -0.15) is 0 Å². The van der Waals surface area contributed by atoms with Gasteiger partial charge in [-0.05, 0) is 13.8 Å². The van der Waals surface area contributed by atoms with Crippen molar-refractivity contribution in [3.05, 3.63) is 34.9 Å². The Balaban J connectivity index is 2.06. The zero-order valence-corrected chi connectivity index (χ0v) is 12.4. The van der Waals surface area contributed by atoms with E-state index < -0.39 is 0 Å². The second kappa shape index (κ2) is 6.67. The highest BCUT2D eigenvalue weighted by Gasteiger charge is 2.12. The van der Waals surface area contributed by atoms with Crippen LogP contribution in [0.3, 0.4) is 0 Å². The molecule has 6 heteroatoms. The molecule has 0 aliphatic carbocycles. The SMILES string of the molecule is CCc1nc(CN(CCO)Cc2cnc(C)[nH]2)c(C)[nH]1. The molecule has 0 spiro atoms. The number of aryl methyl sites for hydroxylation is 3. The number of rotatable bonds is 7. The van der Waals surface area contributed by atoms with Crippen molar-refractivity contribution in [2.75, 3.05) is 13.2 Å². The number of imidazole rings is 2. The first-order chi connectivity index (χ1) is 9.62. The molecule has 2 aromatic heterocycles. The molecule has 3 N–H and O–H groups in total. The number of aromatic amines is 2. The van der Waals surface area contributed by atoms with Gasteiger partial charge in [0.1, 0.15) is 11.6 Å². The van der Waals surface area contributed by atoms with Gasteiger partial charge < -0.3 is 15.1 Å². The van der Waals surface area contributed by atoms with E-state index >= 15 is 0 Å². The van der Waals surface area contributed by atoms with Crippen LogP contribution in [-0.2, 0) is 19.5 Å². The fraction of sp³-hybridized carbons (Fsp3) is 0.571. The van der Waals surface area contributed by atoms with Gasteiger partial charge in [-0.15, -0.1) is 0 Å². The lowest BCUT2D eigenvalue weighted by atomic mass is 10.3. The molecule has 0 aromatic carbocycles. The topological polar surface area (TPSA) is 80.8 Å². The molecule has 0 fully saturated rings. The Hall–Kier alpha value is -1.66. The van der Waals surface area contributed by atoms with Crippen LogP contribution < -0.4 is 0 Å². The molecule has 0 amide bonds. The maximum absolute atomic E-state index is 9.22. The molecule has 2 heterocycles. The van der Waals surface area contributed by atoms with E-state index in [-0.39, 0.29) is 6.61 Å². The summed E-state index contributed by atoms with van der Waals surface area (Å²) in [5.74, 6) is 1.92. The van der Waals surface area contributed by atoms with Gasteiger partial charge in [-0.3, -0.25) is 4.90 Å². The second-order valence-electron chi connectivity index (χ2n) is 5.04. The van der Waals surface area contributed by atoms with E-state index in [1.54, 1.807) is 0 Å². The minimum atomic E-state index is 0.136. The number of nitrogens with one attached hydrogen (secondary N) is 2. The maximum Gasteiger partial charge on any atom is 0.106 e. The van der Waals surface area contributed by atoms with Crippen molar-refractivity contribution in [1.82, 2.24) is 24.8 Å². The van der Waals surface area contributed by atoms with Gasteiger partial charge in [0.15, 0.2) is 0 Å². The van der Waals surface area contributed by atoms with Crippen LogP contribution in [0.5, 0.6) is 0 Å². The summed E-state index contributed by atoms with van der Waals surface area (Å²) < 4.78 is 0. The van der Waals surface area contributed by atoms with Gasteiger partial charge >= 0.3 is 0 Å². The summed E-state index contributed by atoms with van der Waals surface area (Å²) in [5, 5.41) is 9.22. The van der Waals surface area contributed by atoms with E-state index in [1.807, 2.05) is 20.0 Å². The van der Waals surface area contributed by atoms with Crippen molar-refractivity contribution in [1.29, 1.82) is 0 Å². The van der Waals surface area contributed by atoms with Gasteiger partial charge in [0.25, 0.3) is 0 Å². The normalized spacial score (nSPS) is 11.4. The lowest BCUT2D eigenvalue weighted by molar-refractivity contribution is 0.181. The Labute approximate surface area is 119 Å². The molecule has 0 saturated carbocycles. The van der Waals surface area contributed by atoms with Crippen LogP contribution in [0, 0.1) is 13.8 Å². The first-order valence-corrected chi connectivity index (χ1v) is 7.00. The molecule has 110 valence electrons. The summed E-state index contributed by atoms with van der Waals surface area (Å²) in [6.45, 7) is 8.27. The van der Waals surface area contributed by atoms with E-state index in [4.69, 9.17) is 0 Å². The van der Waals surface area contributed by atoms with Crippen molar-refractivity contribution in [2.45, 2.75) is 40.3 Å². The van der Waals surface area contributed by atoms with Gasteiger partial charge in [0.05, 0.1) is 12.3 Å². The predicted octanol–water partition coefficient (Wildman–Crippen LogP) is 1.31. The van der Waals surface area contributed by atoms with Crippen molar-refractivity contribution >= 4 is 0 Å². The van der Waals surface area contributed by atoms with E-state index in [0.29, 0.717) is 6.54 Å². The number of aliphatic hydroxyl groups is 1. The molecule has 6 nitrogen and oxygen atoms in total. The lowest BCUT2D eigenvalue weighted by Crippen LogP contribution is -2.26. The molecule has 0 saturated heterocycles. The average Bonchev–Trinajstić information content (AvgIpc) is 2.97. The second-order valence-corrected chi connectivity index (χ2v) is 5.04. The number of aromatic nitrogens is 4. The average molecular weight is 277 g/mol. The fourth-order valence-electron chi connectivity index (χ4n) is 2.24. The predicted molar refractivity (Wildman–Crippen MR) is 77.2 cm³/mol. The standard InChI is InChI=1S/C14H23N5O/c1-4-14-16-10(2)13(18-14)9-19(5-6-20)8-12-7-15-11(3)17-12/h7,20H,4-6,8-9H2,1-3H3,(H,15,17)(H,16,18). The Bertz CT molecular complexity index is 546. The summed E-state index contributed by atoms with van der Waals surface area (Å²) in [6, 6.07) is 0. The third-order valence-electron chi connectivity index (χ3n) is 3.31. The van der Waals surface area contributed by atoms with E-state index in [1.165, 1.54) is 0 Å². The zero-order valence-electron chi connectivity index (χ0n) is 12.4. The Morgan fingerprint density at radius 1 is 1.25 bits per heavy atom. The van der Waals surface area contributed by atoms with E-state index in [0.717, 1.165) is 48.2 Å². The molecule has 2 rings (SSSR count). The molecule has 0 bridgehead atoms. The molecule has 20 heavy (non-hydrogen) atoms. The first kappa shape index (κ1) is 14.7. The van der Waals surface area contributed by atoms with Crippen LogP contribution in [0.25, 0.3) is 0 Å². The summed E-state index contributed by atoms with van der Waals surface area (Å²) >= 11 is 0. The van der Waals surface area contributed by atoms with Gasteiger partial charge in [0.2, 0.25) is 0 Å². The highest BCUT2D eigenvalue weighted by molar-refractivity contribution is 5.13. The Morgan fingerprint density at radius 2 is 2.05 bits per heavy atom. The van der Waals surface area contributed by atoms with Crippen LogP contribution in [0.15, 0.2) is 6.20 Å². The largest absolute Gasteiger partial charge is 0.395 e. The minimum absolute atomic E-state index is 0.136. The molecular formula is C14H23N5O. The lowest BCUT2D eigenvalue weighted by Gasteiger charge is -2.19. The van der Waals surface area contributed by atoms with Gasteiger partial charge in [-0.1, -0.05) is 6.92 Å². The molecule has 0 aliphatic heterocycles. The Kier molecular flexibility index (Phi) is 4.92. The molecule has 2 aromatic rings. The van der Waals surface area contributed by atoms with Gasteiger partial charge in [-0.25, -0.2) is 9.97 Å². The monoisotopic (exact) mass is 277 g/mol. The summed E-state index contributed by atoms with van der Waals surface area (Å²) in [7, 11) is 0. The van der Waals surface area contributed by atoms with Crippen LogP contribution in [-0.4, -0.2) is 43.1 Å². The molecular weight excluding hydrogens is 254 g/mol. The van der Waals surface area contributed by atoms with Crippen LogP contribution >= 0.6 is 0 Å². The van der Waals surface area contributed by atoms with E-state index in [2.05, 4.69) is 31.8 Å². The van der Waals surface area contributed by atoms with Crippen LogP contribution in [0.2, 0.25) is 0 Å². The van der Waals surface area contributed by atoms with E-state index in [9.17, 15) is 5.11 Å². The molecule has 0 aliphatic rings. The summed E-state index contributed by atoms with van der Waals surface area (Å²) in [5.41, 5.74) is 3.21. The Morgan fingerprint density at radius 3 is 2.60 bits per heavy atom. The first-order valence-electron chi connectivity index (χ1n) is 7.00. The fourth-order valence-corrected chi connectivity index (χ4v) is 2.24. The highest BCUT2D eigenvalue weighted by atomic mass is 16.3. The van der Waals surface area contributed by atoms with Crippen LogP contribution in [0.4, 0.5) is 0 Å². The summed E-state index contributed by atoms with van der Waals surface area (Å²) in [6.07, 6.45) is 2.75. The molecule has 0 radical (unpaired) electrons. The number of hydrogen-bond donors (Lipinski definition) is 3. The summed E-state index contributed by atoms with van der Waals surface area (Å²) in [4.78, 5) is 17.5.